The van der Waals surface area contributed by atoms with E-state index in [1.807, 2.05) is 49.4 Å². The number of fused-ring (bicyclic) bond motifs is 4. The maximum atomic E-state index is 12.9. The van der Waals surface area contributed by atoms with Gasteiger partial charge in [0.05, 0.1) is 0 Å². The van der Waals surface area contributed by atoms with Gasteiger partial charge in [-0.15, -0.1) is 4.40 Å². The van der Waals surface area contributed by atoms with Crippen molar-refractivity contribution in [3.05, 3.63) is 74.7 Å². The maximum absolute atomic E-state index is 12.9. The second kappa shape index (κ2) is 4.79. The van der Waals surface area contributed by atoms with Crippen LogP contribution in [-0.4, -0.2) is 9.38 Å². The largest absolute Gasteiger partial charge is 0.358 e. The minimum atomic E-state index is 0.0251. The molecule has 2 N–H and O–H groups in total. The molecule has 0 radical (unpaired) electrons. The summed E-state index contributed by atoms with van der Waals surface area (Å²) in [5.74, 6) is 0. The highest BCUT2D eigenvalue weighted by atomic mass is 32.1. The summed E-state index contributed by atoms with van der Waals surface area (Å²) in [6.45, 7) is 2.04. The van der Waals surface area contributed by atoms with Crippen LogP contribution in [0.5, 0.6) is 0 Å². The van der Waals surface area contributed by atoms with E-state index in [4.69, 9.17) is 0 Å². The third kappa shape index (κ3) is 1.79. The Bertz CT molecular complexity index is 1340. The summed E-state index contributed by atoms with van der Waals surface area (Å²) >= 11 is 1.49. The molecule has 0 saturated heterocycles. The number of para-hydroxylation sites is 3. The Hall–Kier alpha value is -2.92. The number of thiazole rings is 1. The molecule has 0 aliphatic heterocycles. The lowest BCUT2D eigenvalue weighted by molar-refractivity contribution is -0.308. The predicted molar refractivity (Wildman–Crippen MR) is 97.4 cm³/mol. The normalized spacial score (nSPS) is 12.8. The van der Waals surface area contributed by atoms with Crippen molar-refractivity contribution in [3.63, 3.8) is 0 Å². The van der Waals surface area contributed by atoms with Gasteiger partial charge in [0.15, 0.2) is 11.0 Å². The van der Waals surface area contributed by atoms with Gasteiger partial charge >= 0.3 is 10.5 Å². The van der Waals surface area contributed by atoms with E-state index < -0.39 is 0 Å². The third-order valence-electron chi connectivity index (χ3n) is 4.43. The number of benzene rings is 2. The number of aromatic amines is 2. The number of nitrogens with zero attached hydrogens (tertiary/aromatic N) is 1. The number of rotatable bonds is 1. The van der Waals surface area contributed by atoms with Crippen LogP contribution in [0.4, 0.5) is 0 Å². The average Bonchev–Trinajstić information content (AvgIpc) is 3.20. The number of nitrogens with one attached hydrogen (secondary N) is 2. The van der Waals surface area contributed by atoms with Crippen LogP contribution in [0.1, 0.15) is 11.3 Å². The van der Waals surface area contributed by atoms with Crippen LogP contribution >= 0.6 is 11.3 Å². The average molecular weight is 332 g/mol. The number of aryl methyl sites for hydroxylation is 1. The number of imidazole rings is 1. The molecule has 0 amide bonds. The van der Waals surface area contributed by atoms with E-state index >= 15 is 0 Å². The van der Waals surface area contributed by atoms with Crippen LogP contribution in [0, 0.1) is 6.92 Å². The molecule has 4 nitrogen and oxygen atoms in total. The number of aromatic nitrogens is 3. The Morgan fingerprint density at radius 1 is 1.12 bits per heavy atom. The molecule has 116 valence electrons. The standard InChI is InChI=1S/C19H13N3OS/c1-11-13(12-6-2-3-7-14(12)20-11)10-17-18(23)22-16-9-5-4-8-15(16)21-19(22)24-17/h2-10,20H,1H3/p+1. The summed E-state index contributed by atoms with van der Waals surface area (Å²) in [5.41, 5.74) is 5.17. The molecule has 5 heteroatoms. The fourth-order valence-electron chi connectivity index (χ4n) is 3.29. The van der Waals surface area contributed by atoms with Crippen molar-refractivity contribution in [1.82, 2.24) is 9.38 Å². The summed E-state index contributed by atoms with van der Waals surface area (Å²) in [6.07, 6.45) is 2.00. The first-order chi connectivity index (χ1) is 11.7. The van der Waals surface area contributed by atoms with E-state index in [0.29, 0.717) is 0 Å². The van der Waals surface area contributed by atoms with Gasteiger partial charge in [0.2, 0.25) is 0 Å². The molecule has 0 unspecified atom stereocenters. The van der Waals surface area contributed by atoms with Crippen molar-refractivity contribution in [1.29, 1.82) is 0 Å². The third-order valence-corrected chi connectivity index (χ3v) is 5.42. The molecule has 0 aliphatic rings. The van der Waals surface area contributed by atoms with Crippen molar-refractivity contribution in [2.45, 2.75) is 6.92 Å². The van der Waals surface area contributed by atoms with Crippen molar-refractivity contribution in [2.75, 3.05) is 0 Å². The lowest BCUT2D eigenvalue weighted by Gasteiger charge is -1.91. The van der Waals surface area contributed by atoms with Gasteiger partial charge < -0.3 is 4.98 Å². The summed E-state index contributed by atoms with van der Waals surface area (Å²) in [5, 5.41) is 1.14. The fraction of sp³-hybridized carbons (Fsp3) is 0.0526. The zero-order valence-electron chi connectivity index (χ0n) is 13.0. The first-order valence-electron chi connectivity index (χ1n) is 7.77. The topological polar surface area (TPSA) is 51.4 Å². The lowest BCUT2D eigenvalue weighted by atomic mass is 10.1. The van der Waals surface area contributed by atoms with E-state index in [1.165, 1.54) is 11.3 Å². The second-order valence-electron chi connectivity index (χ2n) is 5.91. The molecule has 24 heavy (non-hydrogen) atoms. The Morgan fingerprint density at radius 2 is 1.92 bits per heavy atom. The first kappa shape index (κ1) is 13.5. The van der Waals surface area contributed by atoms with Crippen molar-refractivity contribution >= 4 is 44.3 Å². The van der Waals surface area contributed by atoms with Crippen LogP contribution in [0.2, 0.25) is 0 Å². The molecule has 3 heterocycles. The van der Waals surface area contributed by atoms with Crippen molar-refractivity contribution in [3.8, 4) is 0 Å². The maximum Gasteiger partial charge on any atom is 0.357 e. The van der Waals surface area contributed by atoms with Gasteiger partial charge in [0.1, 0.15) is 4.53 Å². The van der Waals surface area contributed by atoms with Gasteiger partial charge in [0, 0.05) is 22.2 Å². The highest BCUT2D eigenvalue weighted by Gasteiger charge is 2.18. The summed E-state index contributed by atoms with van der Waals surface area (Å²) < 4.78 is 2.50. The van der Waals surface area contributed by atoms with Crippen molar-refractivity contribution < 1.29 is 4.98 Å². The molecule has 0 aliphatic carbocycles. The van der Waals surface area contributed by atoms with Crippen LogP contribution in [0.15, 0.2) is 53.3 Å². The molecule has 0 fully saturated rings. The molecule has 0 saturated carbocycles. The van der Waals surface area contributed by atoms with E-state index in [-0.39, 0.29) is 5.56 Å². The summed E-state index contributed by atoms with van der Waals surface area (Å²) in [6, 6.07) is 16.0. The molecular weight excluding hydrogens is 318 g/mol. The van der Waals surface area contributed by atoms with E-state index in [9.17, 15) is 4.79 Å². The number of hydrogen-bond donors (Lipinski definition) is 1. The van der Waals surface area contributed by atoms with Crippen LogP contribution in [0.25, 0.3) is 33.0 Å². The Balaban J connectivity index is 1.85. The number of H-pyrrole nitrogens is 2. The second-order valence-corrected chi connectivity index (χ2v) is 6.94. The van der Waals surface area contributed by atoms with Crippen molar-refractivity contribution in [2.24, 2.45) is 0 Å². The Labute approximate surface area is 140 Å². The first-order valence-corrected chi connectivity index (χ1v) is 8.58. The summed E-state index contributed by atoms with van der Waals surface area (Å²) in [7, 11) is 0. The molecule has 0 atom stereocenters. The van der Waals surface area contributed by atoms with E-state index in [1.54, 1.807) is 4.40 Å². The van der Waals surface area contributed by atoms with Crippen LogP contribution < -0.4 is 15.1 Å². The minimum Gasteiger partial charge on any atom is -0.358 e. The van der Waals surface area contributed by atoms with Gasteiger partial charge in [-0.1, -0.05) is 30.3 Å². The SMILES string of the molecule is Cc1[nH]c2ccccc2c1C=c1sc2[nH+]c3ccccc3n2c1=O. The molecule has 2 aromatic carbocycles. The molecule has 0 spiro atoms. The van der Waals surface area contributed by atoms with Crippen LogP contribution in [0.3, 0.4) is 0 Å². The monoisotopic (exact) mass is 332 g/mol. The Morgan fingerprint density at radius 3 is 2.83 bits per heavy atom. The quantitative estimate of drug-likeness (QED) is 0.504. The van der Waals surface area contributed by atoms with Gasteiger partial charge in [-0.25, -0.2) is 9.78 Å². The van der Waals surface area contributed by atoms with Gasteiger partial charge in [-0.3, -0.25) is 0 Å². The zero-order chi connectivity index (χ0) is 16.3. The Kier molecular flexibility index (Phi) is 2.69. The lowest BCUT2D eigenvalue weighted by Crippen LogP contribution is -2.22. The van der Waals surface area contributed by atoms with E-state index in [2.05, 4.69) is 22.1 Å². The smallest absolute Gasteiger partial charge is 0.357 e. The van der Waals surface area contributed by atoms with Gasteiger partial charge in [-0.05, 0) is 42.5 Å². The predicted octanol–water partition coefficient (Wildman–Crippen LogP) is 2.67. The molecule has 5 rings (SSSR count). The molecular formula is C19H14N3OS+. The summed E-state index contributed by atoms with van der Waals surface area (Å²) in [4.78, 5) is 20.5. The van der Waals surface area contributed by atoms with Crippen LogP contribution in [-0.2, 0) is 0 Å². The van der Waals surface area contributed by atoms with Gasteiger partial charge in [-0.2, -0.15) is 0 Å². The highest BCUT2D eigenvalue weighted by Crippen LogP contribution is 2.22. The van der Waals surface area contributed by atoms with Gasteiger partial charge in [0.25, 0.3) is 0 Å². The minimum absolute atomic E-state index is 0.0251. The molecule has 3 aromatic heterocycles. The van der Waals surface area contributed by atoms with E-state index in [0.717, 1.165) is 42.7 Å². The fourth-order valence-corrected chi connectivity index (χ4v) is 4.29. The molecule has 0 bridgehead atoms. The number of hydrogen-bond acceptors (Lipinski definition) is 2. The zero-order valence-corrected chi connectivity index (χ0v) is 13.8. The molecule has 5 aromatic rings. The highest BCUT2D eigenvalue weighted by molar-refractivity contribution is 7.14.